The summed E-state index contributed by atoms with van der Waals surface area (Å²) in [4.78, 5) is 14.4. The van der Waals surface area contributed by atoms with Gasteiger partial charge in [-0.1, -0.05) is 42.6 Å². The molecule has 2 aliphatic carbocycles. The Bertz CT molecular complexity index is 1040. The van der Waals surface area contributed by atoms with Gasteiger partial charge in [-0.05, 0) is 50.2 Å². The molecule has 164 valence electrons. The number of nitrogens with two attached hydrogens (primary N) is 1. The summed E-state index contributed by atoms with van der Waals surface area (Å²) in [6.45, 7) is 0.583. The SMILES string of the molecule is NC1CCC(Nc2nc(NCc3ccccc3Cl)c3ncn(C4CCCC4)c3n2)CC1. The van der Waals surface area contributed by atoms with Gasteiger partial charge in [0.25, 0.3) is 0 Å². The molecular weight excluding hydrogens is 410 g/mol. The third kappa shape index (κ3) is 4.48. The molecule has 2 aromatic heterocycles. The number of hydrogen-bond acceptors (Lipinski definition) is 6. The van der Waals surface area contributed by atoms with Crippen LogP contribution in [-0.4, -0.2) is 31.6 Å². The van der Waals surface area contributed by atoms with E-state index in [-0.39, 0.29) is 0 Å². The molecule has 5 rings (SSSR count). The molecule has 0 bridgehead atoms. The van der Waals surface area contributed by atoms with Crippen molar-refractivity contribution in [2.24, 2.45) is 5.73 Å². The fraction of sp³-hybridized carbons (Fsp3) is 0.522. The summed E-state index contributed by atoms with van der Waals surface area (Å²) in [6, 6.07) is 9.01. The van der Waals surface area contributed by atoms with Crippen molar-refractivity contribution in [2.45, 2.75) is 76.0 Å². The number of hydrogen-bond donors (Lipinski definition) is 3. The highest BCUT2D eigenvalue weighted by molar-refractivity contribution is 6.31. The number of aromatic nitrogens is 4. The molecular formula is C23H30ClN7. The molecule has 0 aliphatic heterocycles. The summed E-state index contributed by atoms with van der Waals surface area (Å²) in [7, 11) is 0. The highest BCUT2D eigenvalue weighted by atomic mass is 35.5. The lowest BCUT2D eigenvalue weighted by Gasteiger charge is -2.27. The number of nitrogens with zero attached hydrogens (tertiary/aromatic N) is 4. The molecule has 8 heteroatoms. The second-order valence-electron chi connectivity index (χ2n) is 8.86. The summed E-state index contributed by atoms with van der Waals surface area (Å²) < 4.78 is 2.24. The summed E-state index contributed by atoms with van der Waals surface area (Å²) >= 11 is 6.36. The first-order valence-corrected chi connectivity index (χ1v) is 11.8. The van der Waals surface area contributed by atoms with Gasteiger partial charge < -0.3 is 20.9 Å². The topological polar surface area (TPSA) is 93.7 Å². The lowest BCUT2D eigenvalue weighted by molar-refractivity contribution is 0.410. The van der Waals surface area contributed by atoms with Crippen molar-refractivity contribution in [1.82, 2.24) is 19.5 Å². The van der Waals surface area contributed by atoms with E-state index >= 15 is 0 Å². The number of benzene rings is 1. The predicted molar refractivity (Wildman–Crippen MR) is 125 cm³/mol. The van der Waals surface area contributed by atoms with Gasteiger partial charge in [-0.15, -0.1) is 0 Å². The lowest BCUT2D eigenvalue weighted by Crippen LogP contribution is -2.33. The molecule has 0 amide bonds. The standard InChI is InChI=1S/C23H30ClN7/c24-19-8-4-1-5-15(19)13-26-21-20-22(31(14-27-20)18-6-2-3-7-18)30-23(29-21)28-17-11-9-16(25)10-12-17/h1,4-5,8,14,16-18H,2-3,6-7,9-13,25H2,(H2,26,28,29,30). The van der Waals surface area contributed by atoms with Crippen LogP contribution in [0.25, 0.3) is 11.2 Å². The maximum Gasteiger partial charge on any atom is 0.227 e. The minimum atomic E-state index is 0.318. The zero-order valence-corrected chi connectivity index (χ0v) is 18.5. The van der Waals surface area contributed by atoms with Crippen LogP contribution in [0.2, 0.25) is 5.02 Å². The number of rotatable bonds is 6. The van der Waals surface area contributed by atoms with Crippen molar-refractivity contribution in [3.63, 3.8) is 0 Å². The quantitative estimate of drug-likeness (QED) is 0.506. The van der Waals surface area contributed by atoms with E-state index in [0.29, 0.717) is 30.6 Å². The zero-order chi connectivity index (χ0) is 21.2. The molecule has 3 aromatic rings. The van der Waals surface area contributed by atoms with E-state index in [1.54, 1.807) is 0 Å². The number of fused-ring (bicyclic) bond motifs is 1. The Kier molecular flexibility index (Phi) is 5.96. The Morgan fingerprint density at radius 2 is 1.81 bits per heavy atom. The van der Waals surface area contributed by atoms with Gasteiger partial charge in [-0.25, -0.2) is 4.98 Å². The van der Waals surface area contributed by atoms with E-state index in [1.807, 2.05) is 30.6 Å². The van der Waals surface area contributed by atoms with E-state index in [2.05, 4.69) is 15.2 Å². The second-order valence-corrected chi connectivity index (χ2v) is 9.27. The molecule has 1 aromatic carbocycles. The van der Waals surface area contributed by atoms with Gasteiger partial charge in [0.2, 0.25) is 5.95 Å². The van der Waals surface area contributed by atoms with Gasteiger partial charge in [-0.2, -0.15) is 9.97 Å². The lowest BCUT2D eigenvalue weighted by atomic mass is 9.92. The average Bonchev–Trinajstić information content (AvgIpc) is 3.44. The number of halogens is 1. The highest BCUT2D eigenvalue weighted by Gasteiger charge is 2.23. The molecule has 0 saturated heterocycles. The largest absolute Gasteiger partial charge is 0.364 e. The Labute approximate surface area is 187 Å². The summed E-state index contributed by atoms with van der Waals surface area (Å²) in [6.07, 6.45) is 11.0. The Hall–Kier alpha value is -2.38. The van der Waals surface area contributed by atoms with Crippen LogP contribution < -0.4 is 16.4 Å². The Balaban J connectivity index is 1.45. The van der Waals surface area contributed by atoms with Gasteiger partial charge in [0.05, 0.1) is 6.33 Å². The molecule has 31 heavy (non-hydrogen) atoms. The smallest absolute Gasteiger partial charge is 0.227 e. The van der Waals surface area contributed by atoms with Crippen LogP contribution in [0.3, 0.4) is 0 Å². The zero-order valence-electron chi connectivity index (χ0n) is 17.7. The molecule has 0 atom stereocenters. The van der Waals surface area contributed by atoms with Crippen LogP contribution in [0.15, 0.2) is 30.6 Å². The molecule has 2 heterocycles. The van der Waals surface area contributed by atoms with Crippen LogP contribution in [0.5, 0.6) is 0 Å². The summed E-state index contributed by atoms with van der Waals surface area (Å²) in [5.41, 5.74) is 8.83. The number of nitrogens with one attached hydrogen (secondary N) is 2. The molecule has 4 N–H and O–H groups in total. The van der Waals surface area contributed by atoms with E-state index in [9.17, 15) is 0 Å². The fourth-order valence-corrected chi connectivity index (χ4v) is 5.02. The molecule has 2 saturated carbocycles. The molecule has 7 nitrogen and oxygen atoms in total. The molecule has 0 unspecified atom stereocenters. The monoisotopic (exact) mass is 439 g/mol. The van der Waals surface area contributed by atoms with E-state index < -0.39 is 0 Å². The highest BCUT2D eigenvalue weighted by Crippen LogP contribution is 2.33. The number of imidazole rings is 1. The van der Waals surface area contributed by atoms with E-state index in [0.717, 1.165) is 53.3 Å². The van der Waals surface area contributed by atoms with Gasteiger partial charge in [0, 0.05) is 29.7 Å². The first kappa shape index (κ1) is 20.5. The number of anilines is 2. The fourth-order valence-electron chi connectivity index (χ4n) is 4.82. The summed E-state index contributed by atoms with van der Waals surface area (Å²) in [5, 5.41) is 7.77. The maximum atomic E-state index is 6.36. The minimum absolute atomic E-state index is 0.318. The average molecular weight is 440 g/mol. The Morgan fingerprint density at radius 3 is 2.58 bits per heavy atom. The van der Waals surface area contributed by atoms with E-state index in [1.165, 1.54) is 25.7 Å². The Morgan fingerprint density at radius 1 is 1.03 bits per heavy atom. The van der Waals surface area contributed by atoms with Crippen LogP contribution in [0.1, 0.15) is 63.0 Å². The van der Waals surface area contributed by atoms with Crippen molar-refractivity contribution in [2.75, 3.05) is 10.6 Å². The van der Waals surface area contributed by atoms with Crippen molar-refractivity contribution >= 4 is 34.5 Å². The van der Waals surface area contributed by atoms with Crippen LogP contribution in [0, 0.1) is 0 Å². The normalized spacial score (nSPS) is 22.1. The van der Waals surface area contributed by atoms with Crippen LogP contribution in [-0.2, 0) is 6.54 Å². The first-order valence-electron chi connectivity index (χ1n) is 11.4. The molecule has 2 fully saturated rings. The van der Waals surface area contributed by atoms with Gasteiger partial charge in [0.15, 0.2) is 17.0 Å². The van der Waals surface area contributed by atoms with Crippen LogP contribution >= 0.6 is 11.6 Å². The van der Waals surface area contributed by atoms with Gasteiger partial charge >= 0.3 is 0 Å². The van der Waals surface area contributed by atoms with Gasteiger partial charge in [-0.3, -0.25) is 0 Å². The van der Waals surface area contributed by atoms with Crippen molar-refractivity contribution in [3.8, 4) is 0 Å². The second kappa shape index (κ2) is 9.01. The van der Waals surface area contributed by atoms with Crippen molar-refractivity contribution < 1.29 is 0 Å². The molecule has 2 aliphatic rings. The van der Waals surface area contributed by atoms with Crippen LogP contribution in [0.4, 0.5) is 11.8 Å². The molecule has 0 spiro atoms. The molecule has 0 radical (unpaired) electrons. The predicted octanol–water partition coefficient (Wildman–Crippen LogP) is 4.89. The maximum absolute atomic E-state index is 6.36. The third-order valence-corrected chi connectivity index (χ3v) is 7.02. The van der Waals surface area contributed by atoms with E-state index in [4.69, 9.17) is 32.3 Å². The van der Waals surface area contributed by atoms with Crippen molar-refractivity contribution in [1.29, 1.82) is 0 Å². The van der Waals surface area contributed by atoms with Gasteiger partial charge in [0.1, 0.15) is 0 Å². The minimum Gasteiger partial charge on any atom is -0.364 e. The summed E-state index contributed by atoms with van der Waals surface area (Å²) in [5.74, 6) is 1.41. The third-order valence-electron chi connectivity index (χ3n) is 6.65. The first-order chi connectivity index (χ1) is 15.2. The van der Waals surface area contributed by atoms with Crippen molar-refractivity contribution in [3.05, 3.63) is 41.2 Å².